The topological polar surface area (TPSA) is 35.5 Å². The van der Waals surface area contributed by atoms with Crippen LogP contribution < -0.4 is 10.2 Å². The van der Waals surface area contributed by atoms with Crippen LogP contribution in [-0.4, -0.2) is 24.7 Å². The van der Waals surface area contributed by atoms with Gasteiger partial charge in [-0.15, -0.1) is 0 Å². The second kappa shape index (κ2) is 2.83. The molecule has 0 saturated heterocycles. The number of rotatable bonds is 0. The normalized spacial score (nSPS) is 20.8. The first kappa shape index (κ1) is 8.23. The van der Waals surface area contributed by atoms with E-state index in [1.807, 2.05) is 19.2 Å². The largest absolute Gasteiger partial charge is 0.506 e. The molecule has 1 unspecified atom stereocenters. The summed E-state index contributed by atoms with van der Waals surface area (Å²) in [6.07, 6.45) is 0. The summed E-state index contributed by atoms with van der Waals surface area (Å²) in [6, 6.07) is 6.05. The van der Waals surface area contributed by atoms with E-state index < -0.39 is 0 Å². The highest BCUT2D eigenvalue weighted by Crippen LogP contribution is 2.36. The van der Waals surface area contributed by atoms with Gasteiger partial charge in [0.15, 0.2) is 0 Å². The monoisotopic (exact) mass is 178 g/mol. The maximum atomic E-state index is 9.57. The third-order valence-corrected chi connectivity index (χ3v) is 2.64. The summed E-state index contributed by atoms with van der Waals surface area (Å²) in [6.45, 7) is 3.03. The molecule has 1 aliphatic rings. The molecular weight excluding hydrogens is 164 g/mol. The summed E-state index contributed by atoms with van der Waals surface area (Å²) in [7, 11) is 2.05. The van der Waals surface area contributed by atoms with Crippen LogP contribution in [0.1, 0.15) is 6.92 Å². The lowest BCUT2D eigenvalue weighted by molar-refractivity contribution is 0.475. The highest BCUT2D eigenvalue weighted by atomic mass is 16.3. The molecule has 0 spiro atoms. The molecule has 0 aliphatic carbocycles. The third kappa shape index (κ3) is 1.20. The fourth-order valence-corrected chi connectivity index (χ4v) is 1.63. The fourth-order valence-electron chi connectivity index (χ4n) is 1.63. The van der Waals surface area contributed by atoms with Crippen molar-refractivity contribution in [2.45, 2.75) is 13.0 Å². The van der Waals surface area contributed by atoms with Gasteiger partial charge in [0.25, 0.3) is 0 Å². The van der Waals surface area contributed by atoms with Crippen LogP contribution in [-0.2, 0) is 0 Å². The number of likely N-dealkylation sites (N-methyl/N-ethyl adjacent to an activating group) is 1. The Kier molecular flexibility index (Phi) is 1.79. The van der Waals surface area contributed by atoms with Crippen molar-refractivity contribution in [2.75, 3.05) is 23.8 Å². The van der Waals surface area contributed by atoms with Crippen LogP contribution in [0.4, 0.5) is 11.4 Å². The second-order valence-electron chi connectivity index (χ2n) is 3.51. The zero-order valence-corrected chi connectivity index (χ0v) is 7.91. The van der Waals surface area contributed by atoms with Gasteiger partial charge in [0.1, 0.15) is 11.4 Å². The summed E-state index contributed by atoms with van der Waals surface area (Å²) in [5.41, 5.74) is 1.92. The SMILES string of the molecule is CC1CNc2c(O)cccc2N1C. The minimum atomic E-state index is 0.330. The van der Waals surface area contributed by atoms with E-state index in [4.69, 9.17) is 0 Å². The first-order valence-electron chi connectivity index (χ1n) is 4.49. The molecule has 13 heavy (non-hydrogen) atoms. The highest BCUT2D eigenvalue weighted by Gasteiger charge is 2.20. The summed E-state index contributed by atoms with van der Waals surface area (Å²) in [4.78, 5) is 2.17. The molecule has 0 aromatic heterocycles. The molecule has 2 rings (SSSR count). The predicted molar refractivity (Wildman–Crippen MR) is 54.5 cm³/mol. The zero-order valence-electron chi connectivity index (χ0n) is 7.91. The number of phenolic OH excluding ortho intramolecular Hbond substituents is 1. The van der Waals surface area contributed by atoms with E-state index in [1.165, 1.54) is 0 Å². The fraction of sp³-hybridized carbons (Fsp3) is 0.400. The predicted octanol–water partition coefficient (Wildman–Crippen LogP) is 1.64. The Labute approximate surface area is 78.0 Å². The summed E-state index contributed by atoms with van der Waals surface area (Å²) in [5.74, 6) is 0.330. The van der Waals surface area contributed by atoms with Gasteiger partial charge in [-0.3, -0.25) is 0 Å². The van der Waals surface area contributed by atoms with E-state index in [2.05, 4.69) is 17.1 Å². The molecule has 0 bridgehead atoms. The van der Waals surface area contributed by atoms with Gasteiger partial charge in [-0.1, -0.05) is 6.07 Å². The Morgan fingerprint density at radius 3 is 3.08 bits per heavy atom. The van der Waals surface area contributed by atoms with E-state index in [1.54, 1.807) is 6.07 Å². The van der Waals surface area contributed by atoms with Crippen molar-refractivity contribution in [3.05, 3.63) is 18.2 Å². The standard InChI is InChI=1S/C10H14N2O/c1-7-6-11-10-8(12(7)2)4-3-5-9(10)13/h3-5,7,11,13H,6H2,1-2H3. The maximum Gasteiger partial charge on any atom is 0.140 e. The number of aromatic hydroxyl groups is 1. The molecule has 0 amide bonds. The molecule has 0 saturated carbocycles. The molecule has 1 aromatic carbocycles. The lowest BCUT2D eigenvalue weighted by Gasteiger charge is -2.34. The zero-order chi connectivity index (χ0) is 9.42. The van der Waals surface area contributed by atoms with Crippen LogP contribution >= 0.6 is 0 Å². The molecule has 70 valence electrons. The molecule has 1 heterocycles. The van der Waals surface area contributed by atoms with Crippen LogP contribution in [0.25, 0.3) is 0 Å². The average molecular weight is 178 g/mol. The minimum absolute atomic E-state index is 0.330. The van der Waals surface area contributed by atoms with Gasteiger partial charge in [0, 0.05) is 19.6 Å². The molecule has 1 atom stereocenters. The Morgan fingerprint density at radius 1 is 1.54 bits per heavy atom. The number of anilines is 2. The van der Waals surface area contributed by atoms with Crippen LogP contribution in [0.3, 0.4) is 0 Å². The number of phenols is 1. The van der Waals surface area contributed by atoms with Gasteiger partial charge in [0.2, 0.25) is 0 Å². The van der Waals surface area contributed by atoms with Gasteiger partial charge in [-0.25, -0.2) is 0 Å². The van der Waals surface area contributed by atoms with E-state index in [0.29, 0.717) is 11.8 Å². The Balaban J connectivity index is 2.49. The minimum Gasteiger partial charge on any atom is -0.506 e. The molecular formula is C10H14N2O. The van der Waals surface area contributed by atoms with E-state index >= 15 is 0 Å². The average Bonchev–Trinajstić information content (AvgIpc) is 2.12. The van der Waals surface area contributed by atoms with Crippen LogP contribution in [0, 0.1) is 0 Å². The Morgan fingerprint density at radius 2 is 2.31 bits per heavy atom. The van der Waals surface area contributed by atoms with E-state index in [0.717, 1.165) is 17.9 Å². The van der Waals surface area contributed by atoms with Crippen LogP contribution in [0.15, 0.2) is 18.2 Å². The molecule has 3 heteroatoms. The molecule has 2 N–H and O–H groups in total. The first-order valence-corrected chi connectivity index (χ1v) is 4.49. The van der Waals surface area contributed by atoms with Gasteiger partial charge in [-0.2, -0.15) is 0 Å². The molecule has 0 fully saturated rings. The molecule has 1 aromatic rings. The van der Waals surface area contributed by atoms with E-state index in [-0.39, 0.29) is 0 Å². The Hall–Kier alpha value is -1.38. The van der Waals surface area contributed by atoms with E-state index in [9.17, 15) is 5.11 Å². The number of nitrogens with one attached hydrogen (secondary N) is 1. The number of hydrogen-bond donors (Lipinski definition) is 2. The van der Waals surface area contributed by atoms with Gasteiger partial charge in [0.05, 0.1) is 5.69 Å². The van der Waals surface area contributed by atoms with Crippen molar-refractivity contribution < 1.29 is 5.11 Å². The van der Waals surface area contributed by atoms with Crippen molar-refractivity contribution in [2.24, 2.45) is 0 Å². The summed E-state index contributed by atoms with van der Waals surface area (Å²) in [5, 5.41) is 12.8. The van der Waals surface area contributed by atoms with Crippen molar-refractivity contribution >= 4 is 11.4 Å². The second-order valence-corrected chi connectivity index (χ2v) is 3.51. The van der Waals surface area contributed by atoms with Crippen molar-refractivity contribution in [3.8, 4) is 5.75 Å². The van der Waals surface area contributed by atoms with Crippen molar-refractivity contribution in [1.82, 2.24) is 0 Å². The summed E-state index contributed by atoms with van der Waals surface area (Å²) >= 11 is 0. The molecule has 1 aliphatic heterocycles. The number of benzene rings is 1. The van der Waals surface area contributed by atoms with Crippen molar-refractivity contribution in [3.63, 3.8) is 0 Å². The lowest BCUT2D eigenvalue weighted by Crippen LogP contribution is -2.39. The molecule has 0 radical (unpaired) electrons. The maximum absolute atomic E-state index is 9.57. The number of para-hydroxylation sites is 1. The van der Waals surface area contributed by atoms with Gasteiger partial charge >= 0.3 is 0 Å². The summed E-state index contributed by atoms with van der Waals surface area (Å²) < 4.78 is 0. The van der Waals surface area contributed by atoms with Crippen LogP contribution in [0.2, 0.25) is 0 Å². The quantitative estimate of drug-likeness (QED) is 0.593. The van der Waals surface area contributed by atoms with Gasteiger partial charge < -0.3 is 15.3 Å². The van der Waals surface area contributed by atoms with Gasteiger partial charge in [-0.05, 0) is 19.1 Å². The first-order chi connectivity index (χ1) is 6.20. The Bertz CT molecular complexity index is 325. The number of nitrogens with zero attached hydrogens (tertiary/aromatic N) is 1. The smallest absolute Gasteiger partial charge is 0.140 e. The van der Waals surface area contributed by atoms with Crippen molar-refractivity contribution in [1.29, 1.82) is 0 Å². The molecule has 3 nitrogen and oxygen atoms in total. The third-order valence-electron chi connectivity index (χ3n) is 2.64. The lowest BCUT2D eigenvalue weighted by atomic mass is 10.1. The number of hydrogen-bond acceptors (Lipinski definition) is 3. The highest BCUT2D eigenvalue weighted by molar-refractivity contribution is 5.78. The number of fused-ring (bicyclic) bond motifs is 1. The van der Waals surface area contributed by atoms with Crippen LogP contribution in [0.5, 0.6) is 5.75 Å².